The number of hydrogen-bond acceptors (Lipinski definition) is 3. The van der Waals surface area contributed by atoms with Crippen LogP contribution in [0.15, 0.2) is 174 Å². The summed E-state index contributed by atoms with van der Waals surface area (Å²) in [6.45, 7) is 4.72. The second-order valence-electron chi connectivity index (χ2n) is 14.9. The van der Waals surface area contributed by atoms with Crippen molar-refractivity contribution in [3.8, 4) is 56.2 Å². The molecule has 1 aliphatic rings. The van der Waals surface area contributed by atoms with Gasteiger partial charge in [-0.2, -0.15) is 0 Å². The topological polar surface area (TPSA) is 38.9 Å². The summed E-state index contributed by atoms with van der Waals surface area (Å²) < 4.78 is 6.16. The summed E-state index contributed by atoms with van der Waals surface area (Å²) in [6, 6.07) is 60.6. The van der Waals surface area contributed by atoms with Crippen LogP contribution in [0.4, 0.5) is 0 Å². The lowest BCUT2D eigenvalue weighted by Gasteiger charge is -2.22. The fraction of sp³-hybridized carbons (Fsp3) is 0.0588. The normalized spacial score (nSPS) is 13.1. The first kappa shape index (κ1) is 30.8. The number of benzene rings is 8. The lowest BCUT2D eigenvalue weighted by atomic mass is 9.81. The summed E-state index contributed by atoms with van der Waals surface area (Å²) in [6.07, 6.45) is 0. The Morgan fingerprint density at radius 3 is 1.91 bits per heavy atom. The Bertz CT molecular complexity index is 3130. The predicted molar refractivity (Wildman–Crippen MR) is 224 cm³/mol. The minimum Gasteiger partial charge on any atom is -0.456 e. The molecule has 0 unspecified atom stereocenters. The van der Waals surface area contributed by atoms with E-state index in [4.69, 9.17) is 14.4 Å². The first-order chi connectivity index (χ1) is 26.5. The van der Waals surface area contributed by atoms with Gasteiger partial charge in [-0.25, -0.2) is 9.97 Å². The fourth-order valence-corrected chi connectivity index (χ4v) is 8.78. The van der Waals surface area contributed by atoms with Crippen LogP contribution in [0.2, 0.25) is 0 Å². The minimum absolute atomic E-state index is 0.114. The molecular weight excluding hydrogens is 657 g/mol. The van der Waals surface area contributed by atoms with Crippen LogP contribution in [0.25, 0.3) is 99.6 Å². The maximum atomic E-state index is 6.16. The molecule has 0 spiro atoms. The first-order valence-electron chi connectivity index (χ1n) is 18.6. The average molecular weight is 691 g/mol. The van der Waals surface area contributed by atoms with Crippen LogP contribution < -0.4 is 0 Å². The maximum absolute atomic E-state index is 6.16. The van der Waals surface area contributed by atoms with E-state index in [0.717, 1.165) is 55.4 Å². The average Bonchev–Trinajstić information content (AvgIpc) is 3.71. The molecule has 3 heteroatoms. The molecule has 11 rings (SSSR count). The largest absolute Gasteiger partial charge is 0.456 e. The van der Waals surface area contributed by atoms with Gasteiger partial charge in [0, 0.05) is 32.9 Å². The molecule has 0 amide bonds. The van der Waals surface area contributed by atoms with Gasteiger partial charge in [-0.1, -0.05) is 147 Å². The smallest absolute Gasteiger partial charge is 0.160 e. The zero-order valence-corrected chi connectivity index (χ0v) is 30.0. The molecule has 0 aliphatic heterocycles. The van der Waals surface area contributed by atoms with Gasteiger partial charge in [0.1, 0.15) is 11.2 Å². The van der Waals surface area contributed by atoms with E-state index < -0.39 is 0 Å². The second kappa shape index (κ2) is 11.6. The zero-order valence-electron chi connectivity index (χ0n) is 30.0. The Labute approximate surface area is 313 Å². The van der Waals surface area contributed by atoms with Crippen LogP contribution >= 0.6 is 0 Å². The van der Waals surface area contributed by atoms with E-state index in [-0.39, 0.29) is 5.41 Å². The van der Waals surface area contributed by atoms with Crippen molar-refractivity contribution in [3.63, 3.8) is 0 Å². The number of rotatable bonds is 4. The van der Waals surface area contributed by atoms with E-state index in [2.05, 4.69) is 153 Å². The molecule has 0 saturated carbocycles. The Balaban J connectivity index is 1.08. The standard InChI is InChI=1S/C51H34N2O/c1-51(2)43-26-21-31-12-6-7-15-36(31)49(43)41-23-20-33(29-44(41)51)35-24-25-39(38-17-9-8-16-37(35)38)46-30-45(52-50(53-46)32-13-4-3-5-14-32)34-22-27-48-42(28-34)40-18-10-11-19-47(40)54-48/h3-30H,1-2H3. The van der Waals surface area contributed by atoms with E-state index >= 15 is 0 Å². The SMILES string of the molecule is CC1(C)c2cc(-c3ccc(-c4cc(-c5ccc6oc7ccccc7c6c5)nc(-c5ccccc5)n4)c4ccccc34)ccc2-c2c1ccc1ccccc21. The summed E-state index contributed by atoms with van der Waals surface area (Å²) in [5, 5.41) is 7.13. The Hall–Kier alpha value is -6.84. The third kappa shape index (κ3) is 4.61. The fourth-order valence-electron chi connectivity index (χ4n) is 8.78. The lowest BCUT2D eigenvalue weighted by Crippen LogP contribution is -2.15. The molecule has 0 atom stereocenters. The Morgan fingerprint density at radius 2 is 1.06 bits per heavy atom. The Morgan fingerprint density at radius 1 is 0.407 bits per heavy atom. The number of nitrogens with zero attached hydrogens (tertiary/aromatic N) is 2. The summed E-state index contributed by atoms with van der Waals surface area (Å²) in [5.41, 5.74) is 14.4. The molecule has 3 nitrogen and oxygen atoms in total. The molecule has 2 aromatic heterocycles. The number of fused-ring (bicyclic) bond motifs is 9. The lowest BCUT2D eigenvalue weighted by molar-refractivity contribution is 0.661. The molecule has 0 fully saturated rings. The van der Waals surface area contributed by atoms with Crippen LogP contribution in [0.1, 0.15) is 25.0 Å². The molecule has 1 aliphatic carbocycles. The number of aromatic nitrogens is 2. The van der Waals surface area contributed by atoms with Crippen molar-refractivity contribution < 1.29 is 4.42 Å². The van der Waals surface area contributed by atoms with Gasteiger partial charge >= 0.3 is 0 Å². The van der Waals surface area contributed by atoms with Gasteiger partial charge in [0.15, 0.2) is 5.82 Å². The van der Waals surface area contributed by atoms with Gasteiger partial charge in [0.05, 0.1) is 11.4 Å². The van der Waals surface area contributed by atoms with Crippen LogP contribution in [-0.2, 0) is 5.41 Å². The number of para-hydroxylation sites is 1. The van der Waals surface area contributed by atoms with Crippen molar-refractivity contribution in [3.05, 3.63) is 181 Å². The van der Waals surface area contributed by atoms with Crippen molar-refractivity contribution in [2.75, 3.05) is 0 Å². The van der Waals surface area contributed by atoms with Crippen molar-refractivity contribution in [1.82, 2.24) is 9.97 Å². The van der Waals surface area contributed by atoms with Gasteiger partial charge in [0.2, 0.25) is 0 Å². The first-order valence-corrected chi connectivity index (χ1v) is 18.6. The van der Waals surface area contributed by atoms with E-state index in [9.17, 15) is 0 Å². The highest BCUT2D eigenvalue weighted by molar-refractivity contribution is 6.08. The third-order valence-corrected chi connectivity index (χ3v) is 11.5. The summed E-state index contributed by atoms with van der Waals surface area (Å²) in [7, 11) is 0. The van der Waals surface area contributed by atoms with Gasteiger partial charge in [-0.3, -0.25) is 0 Å². The van der Waals surface area contributed by atoms with Gasteiger partial charge in [-0.15, -0.1) is 0 Å². The van der Waals surface area contributed by atoms with Crippen LogP contribution in [0, 0.1) is 0 Å². The Kier molecular flexibility index (Phi) is 6.60. The van der Waals surface area contributed by atoms with Crippen LogP contribution in [0.5, 0.6) is 0 Å². The molecule has 2 heterocycles. The molecule has 10 aromatic rings. The number of hydrogen-bond donors (Lipinski definition) is 0. The molecule has 54 heavy (non-hydrogen) atoms. The highest BCUT2D eigenvalue weighted by Gasteiger charge is 2.36. The van der Waals surface area contributed by atoms with Crippen LogP contribution in [0.3, 0.4) is 0 Å². The molecular formula is C51H34N2O. The van der Waals surface area contributed by atoms with Gasteiger partial charge in [0.25, 0.3) is 0 Å². The molecule has 0 N–H and O–H groups in total. The van der Waals surface area contributed by atoms with Crippen molar-refractivity contribution in [1.29, 1.82) is 0 Å². The third-order valence-electron chi connectivity index (χ3n) is 11.5. The van der Waals surface area contributed by atoms with Gasteiger partial charge < -0.3 is 4.42 Å². The molecule has 254 valence electrons. The van der Waals surface area contributed by atoms with Crippen molar-refractivity contribution in [2.24, 2.45) is 0 Å². The molecule has 0 radical (unpaired) electrons. The summed E-state index contributed by atoms with van der Waals surface area (Å²) in [4.78, 5) is 10.4. The van der Waals surface area contributed by atoms with E-state index in [1.165, 1.54) is 49.5 Å². The van der Waals surface area contributed by atoms with E-state index in [1.54, 1.807) is 0 Å². The van der Waals surface area contributed by atoms with Crippen molar-refractivity contribution in [2.45, 2.75) is 19.3 Å². The predicted octanol–water partition coefficient (Wildman–Crippen LogP) is 13.7. The minimum atomic E-state index is -0.114. The maximum Gasteiger partial charge on any atom is 0.160 e. The van der Waals surface area contributed by atoms with Crippen molar-refractivity contribution >= 4 is 43.5 Å². The van der Waals surface area contributed by atoms with E-state index in [1.807, 2.05) is 30.3 Å². The van der Waals surface area contributed by atoms with E-state index in [0.29, 0.717) is 5.82 Å². The van der Waals surface area contributed by atoms with Crippen LogP contribution in [-0.4, -0.2) is 9.97 Å². The second-order valence-corrected chi connectivity index (χ2v) is 14.9. The number of furan rings is 1. The zero-order chi connectivity index (χ0) is 36.0. The molecule has 8 aromatic carbocycles. The highest BCUT2D eigenvalue weighted by atomic mass is 16.3. The quantitative estimate of drug-likeness (QED) is 0.184. The summed E-state index contributed by atoms with van der Waals surface area (Å²) >= 11 is 0. The van der Waals surface area contributed by atoms with Gasteiger partial charge in [-0.05, 0) is 91.3 Å². The highest BCUT2D eigenvalue weighted by Crippen LogP contribution is 2.52. The monoisotopic (exact) mass is 690 g/mol. The molecule has 0 bridgehead atoms. The summed E-state index contributed by atoms with van der Waals surface area (Å²) in [5.74, 6) is 0.696. The molecule has 0 saturated heterocycles.